The van der Waals surface area contributed by atoms with E-state index in [1.54, 1.807) is 0 Å². The lowest BCUT2D eigenvalue weighted by Gasteiger charge is -2.18. The van der Waals surface area contributed by atoms with E-state index >= 15 is 0 Å². The fourth-order valence-electron chi connectivity index (χ4n) is 2.93. The summed E-state index contributed by atoms with van der Waals surface area (Å²) in [5.74, 6) is 1.26. The quantitative estimate of drug-likeness (QED) is 0.905. The molecular formula is C17H23NO4. The molecule has 1 atom stereocenters. The SMILES string of the molecule is CC1(C)Cc2cccc(OCC(=O)NC[C@@H]3CCCO3)c2O1. The Labute approximate surface area is 130 Å². The highest BCUT2D eigenvalue weighted by atomic mass is 16.5. The van der Waals surface area contributed by atoms with Gasteiger partial charge < -0.3 is 19.5 Å². The van der Waals surface area contributed by atoms with Crippen LogP contribution in [0.15, 0.2) is 18.2 Å². The molecule has 1 amide bonds. The van der Waals surface area contributed by atoms with Gasteiger partial charge in [0.2, 0.25) is 0 Å². The summed E-state index contributed by atoms with van der Waals surface area (Å²) in [7, 11) is 0. The van der Waals surface area contributed by atoms with Gasteiger partial charge >= 0.3 is 0 Å². The van der Waals surface area contributed by atoms with Crippen LogP contribution in [-0.2, 0) is 16.0 Å². The van der Waals surface area contributed by atoms with Gasteiger partial charge in [0.15, 0.2) is 18.1 Å². The minimum absolute atomic E-state index is 0.00698. The third-order valence-corrected chi connectivity index (χ3v) is 3.96. The monoisotopic (exact) mass is 305 g/mol. The first-order chi connectivity index (χ1) is 10.5. The van der Waals surface area contributed by atoms with Gasteiger partial charge in [0.1, 0.15) is 5.60 Å². The van der Waals surface area contributed by atoms with Gasteiger partial charge in [-0.05, 0) is 32.8 Å². The maximum Gasteiger partial charge on any atom is 0.258 e. The second kappa shape index (κ2) is 6.16. The molecule has 120 valence electrons. The number of nitrogens with one attached hydrogen (secondary N) is 1. The standard InChI is InChI=1S/C17H23NO4/c1-17(2)9-12-5-3-7-14(16(12)22-17)21-11-15(19)18-10-13-6-4-8-20-13/h3,5,7,13H,4,6,8-11H2,1-2H3,(H,18,19)/t13-/m0/s1. The van der Waals surface area contributed by atoms with E-state index < -0.39 is 0 Å². The zero-order chi connectivity index (χ0) is 15.6. The van der Waals surface area contributed by atoms with Crippen molar-refractivity contribution in [2.24, 2.45) is 0 Å². The Morgan fingerprint density at radius 2 is 2.32 bits per heavy atom. The molecule has 1 N–H and O–H groups in total. The van der Waals surface area contributed by atoms with Crippen molar-refractivity contribution in [2.45, 2.75) is 44.8 Å². The molecule has 5 heteroatoms. The third kappa shape index (κ3) is 3.53. The van der Waals surface area contributed by atoms with E-state index in [4.69, 9.17) is 14.2 Å². The molecule has 0 unspecified atom stereocenters. The van der Waals surface area contributed by atoms with E-state index in [2.05, 4.69) is 5.32 Å². The van der Waals surface area contributed by atoms with Crippen LogP contribution in [0.5, 0.6) is 11.5 Å². The third-order valence-electron chi connectivity index (χ3n) is 3.96. The van der Waals surface area contributed by atoms with Gasteiger partial charge in [-0.25, -0.2) is 0 Å². The molecule has 1 saturated heterocycles. The second-order valence-corrected chi connectivity index (χ2v) is 6.51. The van der Waals surface area contributed by atoms with Crippen molar-refractivity contribution in [1.29, 1.82) is 0 Å². The highest BCUT2D eigenvalue weighted by Crippen LogP contribution is 2.41. The maximum absolute atomic E-state index is 11.9. The van der Waals surface area contributed by atoms with E-state index in [9.17, 15) is 4.79 Å². The van der Waals surface area contributed by atoms with Gasteiger partial charge in [-0.2, -0.15) is 0 Å². The van der Waals surface area contributed by atoms with Crippen molar-refractivity contribution in [3.05, 3.63) is 23.8 Å². The minimum atomic E-state index is -0.218. The van der Waals surface area contributed by atoms with Crippen LogP contribution in [0.25, 0.3) is 0 Å². The van der Waals surface area contributed by atoms with Crippen LogP contribution in [0.3, 0.4) is 0 Å². The van der Waals surface area contributed by atoms with Crippen molar-refractivity contribution >= 4 is 5.91 Å². The summed E-state index contributed by atoms with van der Waals surface area (Å²) < 4.78 is 17.0. The van der Waals surface area contributed by atoms with Crippen molar-refractivity contribution in [1.82, 2.24) is 5.32 Å². The van der Waals surface area contributed by atoms with Crippen molar-refractivity contribution in [3.8, 4) is 11.5 Å². The average molecular weight is 305 g/mol. The molecule has 1 fully saturated rings. The largest absolute Gasteiger partial charge is 0.483 e. The lowest BCUT2D eigenvalue weighted by molar-refractivity contribution is -0.123. The van der Waals surface area contributed by atoms with Gasteiger partial charge in [0.05, 0.1) is 6.10 Å². The molecule has 1 aromatic rings. The van der Waals surface area contributed by atoms with Crippen molar-refractivity contribution < 1.29 is 19.0 Å². The summed E-state index contributed by atoms with van der Waals surface area (Å²) in [6.07, 6.45) is 3.08. The normalized spacial score (nSPS) is 22.0. The predicted molar refractivity (Wildman–Crippen MR) is 82.3 cm³/mol. The van der Waals surface area contributed by atoms with Gasteiger partial charge in [-0.1, -0.05) is 12.1 Å². The number of carbonyl (C=O) groups is 1. The van der Waals surface area contributed by atoms with E-state index in [-0.39, 0.29) is 24.2 Å². The Morgan fingerprint density at radius 3 is 3.09 bits per heavy atom. The highest BCUT2D eigenvalue weighted by molar-refractivity contribution is 5.77. The average Bonchev–Trinajstić information content (AvgIpc) is 3.08. The lowest BCUT2D eigenvalue weighted by Crippen LogP contribution is -2.35. The maximum atomic E-state index is 11.9. The molecule has 2 aliphatic rings. The fraction of sp³-hybridized carbons (Fsp3) is 0.588. The molecule has 0 aliphatic carbocycles. The zero-order valence-electron chi connectivity index (χ0n) is 13.2. The summed E-state index contributed by atoms with van der Waals surface area (Å²) >= 11 is 0. The van der Waals surface area contributed by atoms with Crippen LogP contribution < -0.4 is 14.8 Å². The molecule has 2 aliphatic heterocycles. The van der Waals surface area contributed by atoms with Gasteiger partial charge in [0.25, 0.3) is 5.91 Å². The number of para-hydroxylation sites is 1. The summed E-state index contributed by atoms with van der Waals surface area (Å²) in [5, 5.41) is 2.85. The van der Waals surface area contributed by atoms with E-state index in [1.165, 1.54) is 0 Å². The molecule has 3 rings (SSSR count). The Bertz CT molecular complexity index is 550. The molecule has 0 aromatic heterocycles. The summed E-state index contributed by atoms with van der Waals surface area (Å²) in [6, 6.07) is 5.81. The molecule has 1 aromatic carbocycles. The summed E-state index contributed by atoms with van der Waals surface area (Å²) in [4.78, 5) is 11.9. The molecule has 5 nitrogen and oxygen atoms in total. The Balaban J connectivity index is 1.52. The fourth-order valence-corrected chi connectivity index (χ4v) is 2.93. The van der Waals surface area contributed by atoms with Crippen LogP contribution in [0, 0.1) is 0 Å². The molecule has 22 heavy (non-hydrogen) atoms. The number of hydrogen-bond acceptors (Lipinski definition) is 4. The Kier molecular flexibility index (Phi) is 4.25. The number of benzene rings is 1. The first-order valence-corrected chi connectivity index (χ1v) is 7.85. The molecule has 0 saturated carbocycles. The summed E-state index contributed by atoms with van der Waals surface area (Å²) in [6.45, 7) is 5.43. The smallest absolute Gasteiger partial charge is 0.258 e. The Hall–Kier alpha value is -1.75. The molecule has 0 radical (unpaired) electrons. The first kappa shape index (κ1) is 15.2. The highest BCUT2D eigenvalue weighted by Gasteiger charge is 2.32. The molecule has 0 bridgehead atoms. The van der Waals surface area contributed by atoms with Crippen molar-refractivity contribution in [3.63, 3.8) is 0 Å². The van der Waals surface area contributed by atoms with Gasteiger partial charge in [-0.3, -0.25) is 4.79 Å². The van der Waals surface area contributed by atoms with Crippen LogP contribution >= 0.6 is 0 Å². The first-order valence-electron chi connectivity index (χ1n) is 7.85. The van der Waals surface area contributed by atoms with E-state index in [1.807, 2.05) is 32.0 Å². The summed E-state index contributed by atoms with van der Waals surface area (Å²) in [5.41, 5.74) is 0.909. The molecule has 0 spiro atoms. The van der Waals surface area contributed by atoms with Crippen LogP contribution in [0.2, 0.25) is 0 Å². The number of amides is 1. The number of hydrogen-bond donors (Lipinski definition) is 1. The number of fused-ring (bicyclic) bond motifs is 1. The topological polar surface area (TPSA) is 56.8 Å². The van der Waals surface area contributed by atoms with Crippen LogP contribution in [0.1, 0.15) is 32.3 Å². The van der Waals surface area contributed by atoms with Gasteiger partial charge in [0, 0.05) is 25.1 Å². The van der Waals surface area contributed by atoms with Crippen LogP contribution in [0.4, 0.5) is 0 Å². The second-order valence-electron chi connectivity index (χ2n) is 6.51. The lowest BCUT2D eigenvalue weighted by atomic mass is 10.0. The van der Waals surface area contributed by atoms with E-state index in [0.29, 0.717) is 12.3 Å². The number of carbonyl (C=O) groups excluding carboxylic acids is 1. The molecular weight excluding hydrogens is 282 g/mol. The minimum Gasteiger partial charge on any atom is -0.483 e. The number of rotatable bonds is 5. The number of ether oxygens (including phenoxy) is 3. The predicted octanol–water partition coefficient (Wildman–Crippen LogP) is 2.07. The van der Waals surface area contributed by atoms with Crippen molar-refractivity contribution in [2.75, 3.05) is 19.8 Å². The van der Waals surface area contributed by atoms with E-state index in [0.717, 1.165) is 37.2 Å². The van der Waals surface area contributed by atoms with Gasteiger partial charge in [-0.15, -0.1) is 0 Å². The molecule has 2 heterocycles. The zero-order valence-corrected chi connectivity index (χ0v) is 13.2. The Morgan fingerprint density at radius 1 is 1.45 bits per heavy atom. The van der Waals surface area contributed by atoms with Crippen LogP contribution in [-0.4, -0.2) is 37.4 Å².